The van der Waals surface area contributed by atoms with Crippen molar-refractivity contribution in [2.75, 3.05) is 13.2 Å². The van der Waals surface area contributed by atoms with E-state index in [1.165, 1.54) is 0 Å². The minimum atomic E-state index is -0.229. The fourth-order valence-electron chi connectivity index (χ4n) is 4.01. The third kappa shape index (κ3) is 6.17. The Morgan fingerprint density at radius 3 is 2.17 bits per heavy atom. The van der Waals surface area contributed by atoms with Crippen LogP contribution < -0.4 is 10.1 Å². The van der Waals surface area contributed by atoms with Crippen LogP contribution in [0, 0.1) is 6.92 Å². The molecule has 0 atom stereocenters. The van der Waals surface area contributed by atoms with E-state index in [2.05, 4.69) is 46.9 Å². The largest absolute Gasteiger partial charge is 0.507 e. The highest BCUT2D eigenvalue weighted by molar-refractivity contribution is 5.63. The number of hydrogen-bond acceptors (Lipinski definition) is 6. The molecule has 3 aromatic rings. The predicted octanol–water partition coefficient (Wildman–Crippen LogP) is 6.39. The van der Waals surface area contributed by atoms with Crippen LogP contribution in [0.5, 0.6) is 17.2 Å². The molecule has 0 fully saturated rings. The average Bonchev–Trinajstić information content (AvgIpc) is 3.23. The molecule has 1 heterocycles. The molecule has 0 saturated heterocycles. The van der Waals surface area contributed by atoms with Crippen LogP contribution in [0.3, 0.4) is 0 Å². The van der Waals surface area contributed by atoms with Crippen LogP contribution in [-0.2, 0) is 23.8 Å². The third-order valence-corrected chi connectivity index (χ3v) is 6.13. The van der Waals surface area contributed by atoms with Crippen molar-refractivity contribution in [3.63, 3.8) is 0 Å². The fourth-order valence-corrected chi connectivity index (χ4v) is 4.01. The Bertz CT molecular complexity index is 1130. The number of oxazole rings is 1. The van der Waals surface area contributed by atoms with Gasteiger partial charge in [0.15, 0.2) is 0 Å². The monoisotopic (exact) mass is 480 g/mol. The molecule has 2 aromatic carbocycles. The highest BCUT2D eigenvalue weighted by Gasteiger charge is 2.27. The second kappa shape index (κ2) is 10.3. The second-order valence-corrected chi connectivity index (χ2v) is 11.2. The summed E-state index contributed by atoms with van der Waals surface area (Å²) in [5, 5.41) is 24.7. The molecule has 1 aromatic heterocycles. The number of nitrogens with one attached hydrogen (secondary N) is 1. The predicted molar refractivity (Wildman–Crippen MR) is 140 cm³/mol. The van der Waals surface area contributed by atoms with Gasteiger partial charge in [0.05, 0.1) is 12.3 Å². The number of phenols is 2. The van der Waals surface area contributed by atoms with Gasteiger partial charge in [0.25, 0.3) is 0 Å². The number of aromatic hydroxyl groups is 2. The second-order valence-electron chi connectivity index (χ2n) is 11.2. The van der Waals surface area contributed by atoms with Crippen molar-refractivity contribution >= 4 is 0 Å². The summed E-state index contributed by atoms with van der Waals surface area (Å²) in [6.07, 6.45) is 2.22. The first-order chi connectivity index (χ1) is 16.3. The van der Waals surface area contributed by atoms with Gasteiger partial charge in [-0.05, 0) is 48.1 Å². The summed E-state index contributed by atoms with van der Waals surface area (Å²) in [6, 6.07) is 7.70. The zero-order chi connectivity index (χ0) is 26.0. The molecule has 0 aliphatic heterocycles. The molecule has 0 spiro atoms. The van der Waals surface area contributed by atoms with E-state index in [1.54, 1.807) is 6.26 Å². The summed E-state index contributed by atoms with van der Waals surface area (Å²) >= 11 is 0. The summed E-state index contributed by atoms with van der Waals surface area (Å²) in [6.45, 7) is 18.2. The Morgan fingerprint density at radius 1 is 0.971 bits per heavy atom. The minimum Gasteiger partial charge on any atom is -0.507 e. The summed E-state index contributed by atoms with van der Waals surface area (Å²) < 4.78 is 11.9. The summed E-state index contributed by atoms with van der Waals surface area (Å²) in [4.78, 5) is 4.70. The standard InChI is InChI=1S/C29H40N2O4/c1-9-30-16-21-24(11-10-18(2)25(21)32)34-13-12-20-17-35-27(31-20)19-14-22(28(3,4)5)26(33)23(15-19)29(6,7)8/h10-11,14-15,17,30,32-33H,9,12-13,16H2,1-8H3. The van der Waals surface area contributed by atoms with Gasteiger partial charge >= 0.3 is 0 Å². The molecule has 0 radical (unpaired) electrons. The van der Waals surface area contributed by atoms with Crippen LogP contribution in [0.4, 0.5) is 0 Å². The van der Waals surface area contributed by atoms with Gasteiger partial charge in [-0.1, -0.05) is 54.5 Å². The topological polar surface area (TPSA) is 87.8 Å². The van der Waals surface area contributed by atoms with Gasteiger partial charge in [-0.15, -0.1) is 0 Å². The number of hydrogen-bond donors (Lipinski definition) is 3. The highest BCUT2D eigenvalue weighted by Crippen LogP contribution is 2.41. The Morgan fingerprint density at radius 2 is 1.60 bits per heavy atom. The van der Waals surface area contributed by atoms with Gasteiger partial charge in [0.2, 0.25) is 5.89 Å². The minimum absolute atomic E-state index is 0.229. The molecular formula is C29H40N2O4. The Kier molecular flexibility index (Phi) is 7.85. The van der Waals surface area contributed by atoms with Gasteiger partial charge in [0.1, 0.15) is 23.5 Å². The van der Waals surface area contributed by atoms with E-state index in [-0.39, 0.29) is 16.6 Å². The van der Waals surface area contributed by atoms with E-state index in [1.807, 2.05) is 38.1 Å². The third-order valence-electron chi connectivity index (χ3n) is 6.13. The normalized spacial score (nSPS) is 12.2. The maximum atomic E-state index is 11.0. The zero-order valence-corrected chi connectivity index (χ0v) is 22.4. The van der Waals surface area contributed by atoms with E-state index in [9.17, 15) is 10.2 Å². The average molecular weight is 481 g/mol. The molecular weight excluding hydrogens is 440 g/mol. The van der Waals surface area contributed by atoms with Crippen molar-refractivity contribution in [3.8, 4) is 28.7 Å². The number of ether oxygens (including phenoxy) is 1. The summed E-state index contributed by atoms with van der Waals surface area (Å²) in [5.74, 6) is 1.80. The maximum Gasteiger partial charge on any atom is 0.226 e. The molecule has 3 rings (SSSR count). The lowest BCUT2D eigenvalue weighted by Crippen LogP contribution is -2.17. The number of nitrogens with zero attached hydrogens (tertiary/aromatic N) is 1. The molecule has 0 saturated carbocycles. The molecule has 3 N–H and O–H groups in total. The first-order valence-electron chi connectivity index (χ1n) is 12.3. The number of aryl methyl sites for hydroxylation is 1. The lowest BCUT2D eigenvalue weighted by molar-refractivity contribution is 0.313. The molecule has 6 heteroatoms. The zero-order valence-electron chi connectivity index (χ0n) is 22.4. The van der Waals surface area contributed by atoms with E-state index < -0.39 is 0 Å². The van der Waals surface area contributed by atoms with E-state index in [0.29, 0.717) is 37.0 Å². The van der Waals surface area contributed by atoms with Crippen molar-refractivity contribution in [3.05, 3.63) is 58.5 Å². The van der Waals surface area contributed by atoms with Gasteiger partial charge in [-0.3, -0.25) is 0 Å². The summed E-state index contributed by atoms with van der Waals surface area (Å²) in [7, 11) is 0. The van der Waals surface area contributed by atoms with Crippen molar-refractivity contribution in [1.29, 1.82) is 0 Å². The van der Waals surface area contributed by atoms with Gasteiger partial charge in [-0.25, -0.2) is 4.98 Å². The molecule has 0 amide bonds. The van der Waals surface area contributed by atoms with Crippen molar-refractivity contribution in [2.24, 2.45) is 0 Å². The van der Waals surface area contributed by atoms with E-state index >= 15 is 0 Å². The molecule has 0 unspecified atom stereocenters. The lowest BCUT2D eigenvalue weighted by atomic mass is 9.78. The summed E-state index contributed by atoms with van der Waals surface area (Å²) in [5.41, 5.74) is 4.51. The number of aromatic nitrogens is 1. The number of benzene rings is 2. The van der Waals surface area contributed by atoms with Gasteiger partial charge in [0, 0.05) is 35.2 Å². The molecule has 0 bridgehead atoms. The number of rotatable bonds is 8. The van der Waals surface area contributed by atoms with Crippen LogP contribution in [0.2, 0.25) is 0 Å². The number of phenolic OH excluding ortho intramolecular Hbond substituents is 2. The molecule has 6 nitrogen and oxygen atoms in total. The molecule has 190 valence electrons. The maximum absolute atomic E-state index is 11.0. The Labute approximate surface area is 209 Å². The van der Waals surface area contributed by atoms with Crippen LogP contribution >= 0.6 is 0 Å². The van der Waals surface area contributed by atoms with Crippen molar-refractivity contribution < 1.29 is 19.4 Å². The molecule has 0 aliphatic rings. The van der Waals surface area contributed by atoms with E-state index in [4.69, 9.17) is 14.1 Å². The Balaban J connectivity index is 1.81. The highest BCUT2D eigenvalue weighted by atomic mass is 16.5. The van der Waals surface area contributed by atoms with Gasteiger partial charge < -0.3 is 24.7 Å². The SMILES string of the molecule is CCNCc1c(OCCc2coc(-c3cc(C(C)(C)C)c(O)c(C(C)(C)C)c3)n2)ccc(C)c1O. The van der Waals surface area contributed by atoms with E-state index in [0.717, 1.165) is 40.1 Å². The van der Waals surface area contributed by atoms with Crippen molar-refractivity contribution in [1.82, 2.24) is 10.3 Å². The van der Waals surface area contributed by atoms with Gasteiger partial charge in [-0.2, -0.15) is 0 Å². The first-order valence-corrected chi connectivity index (χ1v) is 12.3. The van der Waals surface area contributed by atoms with Crippen molar-refractivity contribution in [2.45, 2.75) is 79.2 Å². The van der Waals surface area contributed by atoms with Crippen LogP contribution in [0.15, 0.2) is 34.9 Å². The molecule has 0 aliphatic carbocycles. The van der Waals surface area contributed by atoms with Crippen LogP contribution in [-0.4, -0.2) is 28.3 Å². The lowest BCUT2D eigenvalue weighted by Gasteiger charge is -2.27. The molecule has 35 heavy (non-hydrogen) atoms. The van der Waals surface area contributed by atoms with Crippen LogP contribution in [0.25, 0.3) is 11.5 Å². The first kappa shape index (κ1) is 26.6. The van der Waals surface area contributed by atoms with Crippen LogP contribution in [0.1, 0.15) is 76.4 Å². The Hall–Kier alpha value is -2.99. The fraction of sp³-hybridized carbons (Fsp3) is 0.483. The smallest absolute Gasteiger partial charge is 0.226 e. The quantitative estimate of drug-likeness (QED) is 0.346.